The van der Waals surface area contributed by atoms with Crippen LogP contribution in [0.15, 0.2) is 76.7 Å². The number of benzene rings is 3. The fourth-order valence-electron chi connectivity index (χ4n) is 5.22. The molecule has 1 fully saturated rings. The van der Waals surface area contributed by atoms with Crippen LogP contribution in [-0.2, 0) is 21.4 Å². The molecule has 8 heteroatoms. The Morgan fingerprint density at radius 3 is 2.26 bits per heavy atom. The summed E-state index contributed by atoms with van der Waals surface area (Å²) >= 11 is 0. The highest BCUT2D eigenvalue weighted by molar-refractivity contribution is 7.89. The number of hydrogen-bond donors (Lipinski definition) is 1. The Kier molecular flexibility index (Phi) is 9.54. The minimum absolute atomic E-state index is 0.206. The Bertz CT molecular complexity index is 1370. The predicted molar refractivity (Wildman–Crippen MR) is 154 cm³/mol. The Labute approximate surface area is 231 Å². The number of amides is 1. The van der Waals surface area contributed by atoms with E-state index in [-0.39, 0.29) is 12.6 Å². The lowest BCUT2D eigenvalue weighted by atomic mass is 9.95. The van der Waals surface area contributed by atoms with E-state index in [1.54, 1.807) is 0 Å². The second-order valence-corrected chi connectivity index (χ2v) is 12.0. The van der Waals surface area contributed by atoms with Crippen molar-refractivity contribution in [2.75, 3.05) is 6.54 Å². The van der Waals surface area contributed by atoms with Crippen LogP contribution in [0.3, 0.4) is 0 Å². The van der Waals surface area contributed by atoms with Crippen LogP contribution >= 0.6 is 0 Å². The van der Waals surface area contributed by atoms with Gasteiger partial charge in [-0.05, 0) is 80.1 Å². The molecule has 1 aliphatic rings. The van der Waals surface area contributed by atoms with Crippen LogP contribution in [0, 0.1) is 20.8 Å². The monoisotopic (exact) mass is 547 g/mol. The van der Waals surface area contributed by atoms with Crippen molar-refractivity contribution in [3.63, 3.8) is 0 Å². The lowest BCUT2D eigenvalue weighted by Crippen LogP contribution is -2.46. The molecular formula is C31H37N3O4S. The van der Waals surface area contributed by atoms with Gasteiger partial charge in [0.15, 0.2) is 0 Å². The van der Waals surface area contributed by atoms with E-state index in [2.05, 4.69) is 10.5 Å². The fourth-order valence-corrected chi connectivity index (χ4v) is 7.27. The smallest absolute Gasteiger partial charge is 0.255 e. The van der Waals surface area contributed by atoms with Crippen LogP contribution in [-0.4, -0.2) is 37.4 Å². The van der Waals surface area contributed by atoms with Crippen LogP contribution in [0.5, 0.6) is 5.75 Å². The molecule has 3 aromatic carbocycles. The van der Waals surface area contributed by atoms with Crippen LogP contribution in [0.25, 0.3) is 0 Å². The van der Waals surface area contributed by atoms with Gasteiger partial charge >= 0.3 is 0 Å². The van der Waals surface area contributed by atoms with Crippen molar-refractivity contribution >= 4 is 22.1 Å². The first-order chi connectivity index (χ1) is 18.7. The topological polar surface area (TPSA) is 88.1 Å². The molecule has 0 unspecified atom stereocenters. The summed E-state index contributed by atoms with van der Waals surface area (Å²) in [6.07, 6.45) is 6.02. The molecule has 0 spiro atoms. The Hall–Kier alpha value is -3.49. The van der Waals surface area contributed by atoms with Gasteiger partial charge in [0.05, 0.1) is 17.7 Å². The highest BCUT2D eigenvalue weighted by atomic mass is 32.2. The molecule has 0 aromatic heterocycles. The molecule has 0 heterocycles. The summed E-state index contributed by atoms with van der Waals surface area (Å²) in [5, 5.41) is 4.08. The summed E-state index contributed by atoms with van der Waals surface area (Å²) in [7, 11) is -3.87. The van der Waals surface area contributed by atoms with Crippen LogP contribution in [0.1, 0.15) is 59.9 Å². The second-order valence-electron chi connectivity index (χ2n) is 10.2. The van der Waals surface area contributed by atoms with Gasteiger partial charge in [-0.1, -0.05) is 67.3 Å². The Morgan fingerprint density at radius 2 is 1.62 bits per heavy atom. The molecule has 1 saturated carbocycles. The SMILES string of the molecule is Cc1cc(C)c(S(=O)(=O)N(CC(=O)N/N=C/c2ccc(OCc3ccccc3)cc2)C2CCCCC2)c(C)c1. The van der Waals surface area contributed by atoms with Gasteiger partial charge < -0.3 is 4.74 Å². The number of carbonyl (C=O) groups is 1. The lowest BCUT2D eigenvalue weighted by Gasteiger charge is -2.33. The molecule has 206 valence electrons. The van der Waals surface area contributed by atoms with Crippen molar-refractivity contribution in [2.45, 2.75) is 70.4 Å². The molecule has 3 aromatic rings. The lowest BCUT2D eigenvalue weighted by molar-refractivity contribution is -0.121. The summed E-state index contributed by atoms with van der Waals surface area (Å²) in [6.45, 7) is 5.78. The quantitative estimate of drug-likeness (QED) is 0.262. The zero-order chi connectivity index (χ0) is 27.8. The first-order valence-corrected chi connectivity index (χ1v) is 14.9. The predicted octanol–water partition coefficient (Wildman–Crippen LogP) is 5.66. The van der Waals surface area contributed by atoms with Crippen molar-refractivity contribution < 1.29 is 17.9 Å². The summed E-state index contributed by atoms with van der Waals surface area (Å²) < 4.78 is 35.0. The molecule has 1 N–H and O–H groups in total. The van der Waals surface area contributed by atoms with Gasteiger partial charge in [-0.15, -0.1) is 0 Å². The van der Waals surface area contributed by atoms with Gasteiger partial charge in [-0.2, -0.15) is 9.41 Å². The van der Waals surface area contributed by atoms with Gasteiger partial charge in [-0.3, -0.25) is 4.79 Å². The van der Waals surface area contributed by atoms with Crippen molar-refractivity contribution in [3.05, 3.63) is 94.5 Å². The van der Waals surface area contributed by atoms with Crippen molar-refractivity contribution in [3.8, 4) is 5.75 Å². The Balaban J connectivity index is 1.41. The third-order valence-corrected chi connectivity index (χ3v) is 9.19. The molecule has 1 aliphatic carbocycles. The van der Waals surface area contributed by atoms with Gasteiger partial charge in [0.25, 0.3) is 5.91 Å². The first-order valence-electron chi connectivity index (χ1n) is 13.4. The molecular weight excluding hydrogens is 510 g/mol. The molecule has 4 rings (SSSR count). The average Bonchev–Trinajstić information content (AvgIpc) is 2.91. The van der Waals surface area contributed by atoms with E-state index >= 15 is 0 Å². The van der Waals surface area contributed by atoms with E-state index < -0.39 is 15.9 Å². The standard InChI is InChI=1S/C31H37N3O4S/c1-23-18-24(2)31(25(3)19-23)39(36,37)34(28-12-8-5-9-13-28)21-30(35)33-32-20-26-14-16-29(17-15-26)38-22-27-10-6-4-7-11-27/h4,6-7,10-11,14-20,28H,5,8-9,12-13,21-22H2,1-3H3,(H,33,35)/b32-20+. The summed E-state index contributed by atoms with van der Waals surface area (Å²) in [5.74, 6) is 0.265. The third kappa shape index (κ3) is 7.55. The van der Waals surface area contributed by atoms with E-state index in [1.165, 1.54) is 10.5 Å². The minimum atomic E-state index is -3.87. The number of nitrogens with one attached hydrogen (secondary N) is 1. The molecule has 39 heavy (non-hydrogen) atoms. The number of aryl methyl sites for hydroxylation is 3. The molecule has 0 saturated heterocycles. The number of ether oxygens (including phenoxy) is 1. The average molecular weight is 548 g/mol. The van der Waals surface area contributed by atoms with Crippen molar-refractivity contribution in [1.29, 1.82) is 0 Å². The number of rotatable bonds is 10. The van der Waals surface area contributed by atoms with E-state index in [9.17, 15) is 13.2 Å². The largest absolute Gasteiger partial charge is 0.489 e. The van der Waals surface area contributed by atoms with Crippen molar-refractivity contribution in [1.82, 2.24) is 9.73 Å². The van der Waals surface area contributed by atoms with Crippen LogP contribution < -0.4 is 10.2 Å². The van der Waals surface area contributed by atoms with E-state index in [0.717, 1.165) is 54.5 Å². The molecule has 0 aliphatic heterocycles. The number of hydrazone groups is 1. The zero-order valence-electron chi connectivity index (χ0n) is 22.9. The first kappa shape index (κ1) is 28.5. The molecule has 1 amide bonds. The summed E-state index contributed by atoms with van der Waals surface area (Å²) in [5.41, 5.74) is 6.79. The minimum Gasteiger partial charge on any atom is -0.489 e. The number of carbonyl (C=O) groups excluding carboxylic acids is 1. The van der Waals surface area contributed by atoms with Gasteiger partial charge in [0, 0.05) is 6.04 Å². The summed E-state index contributed by atoms with van der Waals surface area (Å²) in [4.78, 5) is 13.2. The normalized spacial score (nSPS) is 14.6. The van der Waals surface area contributed by atoms with Crippen LogP contribution in [0.2, 0.25) is 0 Å². The van der Waals surface area contributed by atoms with Gasteiger partial charge in [-0.25, -0.2) is 13.8 Å². The Morgan fingerprint density at radius 1 is 0.974 bits per heavy atom. The summed E-state index contributed by atoms with van der Waals surface area (Å²) in [6, 6.07) is 20.9. The molecule has 0 bridgehead atoms. The van der Waals surface area contributed by atoms with Crippen molar-refractivity contribution in [2.24, 2.45) is 5.10 Å². The molecule has 0 atom stereocenters. The number of nitrogens with zero attached hydrogens (tertiary/aromatic N) is 2. The maximum absolute atomic E-state index is 13.9. The van der Waals surface area contributed by atoms with E-state index in [1.807, 2.05) is 87.5 Å². The fraction of sp³-hybridized carbons (Fsp3) is 0.355. The zero-order valence-corrected chi connectivity index (χ0v) is 23.7. The number of hydrogen-bond acceptors (Lipinski definition) is 5. The molecule has 0 radical (unpaired) electrons. The maximum Gasteiger partial charge on any atom is 0.255 e. The maximum atomic E-state index is 13.9. The number of sulfonamides is 1. The van der Waals surface area contributed by atoms with E-state index in [0.29, 0.717) is 22.6 Å². The van der Waals surface area contributed by atoms with Crippen LogP contribution in [0.4, 0.5) is 0 Å². The highest BCUT2D eigenvalue weighted by Gasteiger charge is 2.35. The van der Waals surface area contributed by atoms with Gasteiger partial charge in [0.2, 0.25) is 10.0 Å². The highest BCUT2D eigenvalue weighted by Crippen LogP contribution is 2.31. The molecule has 7 nitrogen and oxygen atoms in total. The van der Waals surface area contributed by atoms with Gasteiger partial charge in [0.1, 0.15) is 12.4 Å². The second kappa shape index (κ2) is 13.0. The van der Waals surface area contributed by atoms with E-state index in [4.69, 9.17) is 4.74 Å². The third-order valence-electron chi connectivity index (χ3n) is 6.98.